The molecular weight excluding hydrogens is 248 g/mol. The second-order valence-corrected chi connectivity index (χ2v) is 4.57. The van der Waals surface area contributed by atoms with Gasteiger partial charge in [-0.25, -0.2) is 0 Å². The van der Waals surface area contributed by atoms with Crippen LogP contribution in [0, 0.1) is 0 Å². The van der Waals surface area contributed by atoms with E-state index < -0.39 is 0 Å². The van der Waals surface area contributed by atoms with E-state index >= 15 is 0 Å². The highest BCUT2D eigenvalue weighted by molar-refractivity contribution is 5.48. The normalized spacial score (nSPS) is 11.8. The lowest BCUT2D eigenvalue weighted by molar-refractivity contribution is -0.0654. The smallest absolute Gasteiger partial charge is 0.196 e. The van der Waals surface area contributed by atoms with Crippen LogP contribution in [0.4, 0.5) is 0 Å². The molecule has 0 aliphatic carbocycles. The number of rotatable bonds is 7. The Morgan fingerprint density at radius 1 is 1.05 bits per heavy atom. The van der Waals surface area contributed by atoms with E-state index in [0.717, 1.165) is 17.7 Å². The fourth-order valence-corrected chi connectivity index (χ4v) is 1.90. The molecule has 0 aliphatic rings. The zero-order chi connectivity index (χ0) is 14.2. The maximum absolute atomic E-state index is 5.70. The molecule has 0 saturated heterocycles. The van der Waals surface area contributed by atoms with Crippen LogP contribution < -0.4 is 4.74 Å². The van der Waals surface area contributed by atoms with Crippen LogP contribution in [0.25, 0.3) is 6.08 Å². The first-order valence-electron chi connectivity index (χ1n) is 6.82. The van der Waals surface area contributed by atoms with E-state index in [2.05, 4.69) is 18.7 Å². The van der Waals surface area contributed by atoms with E-state index in [1.54, 1.807) is 0 Å². The monoisotopic (exact) mass is 268 g/mol. The molecule has 0 saturated carbocycles. The number of hydrogen-bond donors (Lipinski definition) is 0. The summed E-state index contributed by atoms with van der Waals surface area (Å²) in [6.07, 6.45) is 2.45. The fourth-order valence-electron chi connectivity index (χ4n) is 1.90. The Kier molecular flexibility index (Phi) is 5.39. The largest absolute Gasteiger partial charge is 0.465 e. The highest BCUT2D eigenvalue weighted by Gasteiger charge is 2.04. The van der Waals surface area contributed by atoms with Crippen molar-refractivity contribution in [1.29, 1.82) is 0 Å². The summed E-state index contributed by atoms with van der Waals surface area (Å²) < 4.78 is 11.4. The zero-order valence-corrected chi connectivity index (χ0v) is 11.8. The van der Waals surface area contributed by atoms with Crippen LogP contribution in [-0.2, 0) is 11.2 Å². The van der Waals surface area contributed by atoms with Crippen molar-refractivity contribution >= 4 is 6.08 Å². The van der Waals surface area contributed by atoms with Gasteiger partial charge in [0.05, 0.1) is 6.61 Å². The third kappa shape index (κ3) is 4.56. The van der Waals surface area contributed by atoms with Gasteiger partial charge >= 0.3 is 0 Å². The third-order valence-corrected chi connectivity index (χ3v) is 3.00. The van der Waals surface area contributed by atoms with Crippen LogP contribution in [-0.4, -0.2) is 12.9 Å². The van der Waals surface area contributed by atoms with Crippen molar-refractivity contribution in [3.05, 3.63) is 72.3 Å². The minimum atomic E-state index is -0.256. The molecule has 2 aromatic rings. The van der Waals surface area contributed by atoms with E-state index in [1.165, 1.54) is 5.56 Å². The van der Waals surface area contributed by atoms with Gasteiger partial charge in [0, 0.05) is 0 Å². The van der Waals surface area contributed by atoms with Gasteiger partial charge in [-0.2, -0.15) is 0 Å². The molecule has 0 aliphatic heterocycles. The Hall–Kier alpha value is -2.06. The molecule has 1 unspecified atom stereocenters. The Bertz CT molecular complexity index is 517. The van der Waals surface area contributed by atoms with Gasteiger partial charge in [0.15, 0.2) is 6.29 Å². The number of hydrogen-bond acceptors (Lipinski definition) is 2. The van der Waals surface area contributed by atoms with Gasteiger partial charge < -0.3 is 9.47 Å². The molecule has 0 heterocycles. The molecule has 2 nitrogen and oxygen atoms in total. The summed E-state index contributed by atoms with van der Waals surface area (Å²) in [5.74, 6) is 0.808. The zero-order valence-electron chi connectivity index (χ0n) is 11.8. The van der Waals surface area contributed by atoms with Crippen LogP contribution in [0.3, 0.4) is 0 Å². The summed E-state index contributed by atoms with van der Waals surface area (Å²) in [5.41, 5.74) is 2.35. The Labute approximate surface area is 120 Å². The van der Waals surface area contributed by atoms with Crippen molar-refractivity contribution in [3.63, 3.8) is 0 Å². The number of benzene rings is 2. The molecule has 0 spiro atoms. The van der Waals surface area contributed by atoms with Gasteiger partial charge in [0.2, 0.25) is 0 Å². The van der Waals surface area contributed by atoms with Gasteiger partial charge in [-0.15, -0.1) is 0 Å². The van der Waals surface area contributed by atoms with Gasteiger partial charge in [-0.1, -0.05) is 55.1 Å². The number of ether oxygens (including phenoxy) is 2. The first kappa shape index (κ1) is 14.4. The van der Waals surface area contributed by atoms with Crippen molar-refractivity contribution < 1.29 is 9.47 Å². The molecular formula is C18H20O2. The topological polar surface area (TPSA) is 18.5 Å². The molecule has 0 bridgehead atoms. The predicted molar refractivity (Wildman–Crippen MR) is 82.7 cm³/mol. The van der Waals surface area contributed by atoms with Gasteiger partial charge in [0.25, 0.3) is 0 Å². The molecule has 2 aromatic carbocycles. The predicted octanol–water partition coefficient (Wildman–Crippen LogP) is 4.31. The van der Waals surface area contributed by atoms with Gasteiger partial charge in [0.1, 0.15) is 5.75 Å². The third-order valence-electron chi connectivity index (χ3n) is 3.00. The minimum Gasteiger partial charge on any atom is -0.465 e. The van der Waals surface area contributed by atoms with Gasteiger partial charge in [-0.3, -0.25) is 0 Å². The van der Waals surface area contributed by atoms with Crippen molar-refractivity contribution in [2.75, 3.05) is 6.61 Å². The lowest BCUT2D eigenvalue weighted by atomic mass is 10.2. The Morgan fingerprint density at radius 3 is 2.40 bits per heavy atom. The molecule has 2 rings (SSSR count). The Morgan fingerprint density at radius 2 is 1.75 bits per heavy atom. The summed E-state index contributed by atoms with van der Waals surface area (Å²) in [5, 5.41) is 0. The van der Waals surface area contributed by atoms with Crippen LogP contribution in [0.1, 0.15) is 18.1 Å². The highest BCUT2D eigenvalue weighted by Crippen LogP contribution is 2.15. The fraction of sp³-hybridized carbons (Fsp3) is 0.222. The quantitative estimate of drug-likeness (QED) is 0.696. The van der Waals surface area contributed by atoms with Crippen molar-refractivity contribution in [2.45, 2.75) is 19.6 Å². The molecule has 104 valence electrons. The molecule has 0 fully saturated rings. The Balaban J connectivity index is 1.74. The summed E-state index contributed by atoms with van der Waals surface area (Å²) >= 11 is 0. The second-order valence-electron chi connectivity index (χ2n) is 4.57. The summed E-state index contributed by atoms with van der Waals surface area (Å²) in [6.45, 7) is 6.28. The lowest BCUT2D eigenvalue weighted by Crippen LogP contribution is -2.17. The second kappa shape index (κ2) is 7.51. The molecule has 1 atom stereocenters. The van der Waals surface area contributed by atoms with E-state index in [-0.39, 0.29) is 6.29 Å². The summed E-state index contributed by atoms with van der Waals surface area (Å²) in [7, 11) is 0. The van der Waals surface area contributed by atoms with Crippen molar-refractivity contribution in [1.82, 2.24) is 0 Å². The van der Waals surface area contributed by atoms with Crippen LogP contribution in [0.5, 0.6) is 5.75 Å². The SMILES string of the molecule is C=Cc1ccc(OC(C)OCCc2ccccc2)cc1. The van der Waals surface area contributed by atoms with Crippen LogP contribution in [0.15, 0.2) is 61.2 Å². The maximum Gasteiger partial charge on any atom is 0.196 e. The van der Waals surface area contributed by atoms with Crippen molar-refractivity contribution in [3.8, 4) is 5.75 Å². The molecule has 0 amide bonds. The average Bonchev–Trinajstić information content (AvgIpc) is 2.49. The maximum atomic E-state index is 5.70. The first-order valence-corrected chi connectivity index (χ1v) is 6.82. The van der Waals surface area contributed by atoms with E-state index in [1.807, 2.05) is 55.5 Å². The van der Waals surface area contributed by atoms with E-state index in [4.69, 9.17) is 9.47 Å². The summed E-state index contributed by atoms with van der Waals surface area (Å²) in [6, 6.07) is 18.1. The van der Waals surface area contributed by atoms with Crippen LogP contribution in [0.2, 0.25) is 0 Å². The highest BCUT2D eigenvalue weighted by atomic mass is 16.7. The molecule has 20 heavy (non-hydrogen) atoms. The molecule has 0 radical (unpaired) electrons. The standard InChI is InChI=1S/C18H20O2/c1-3-16-9-11-18(12-10-16)20-15(2)19-14-13-17-7-5-4-6-8-17/h3-12,15H,1,13-14H2,2H3. The molecule has 2 heteroatoms. The first-order chi connectivity index (χ1) is 9.78. The van der Waals surface area contributed by atoms with Crippen molar-refractivity contribution in [2.24, 2.45) is 0 Å². The average molecular weight is 268 g/mol. The van der Waals surface area contributed by atoms with E-state index in [0.29, 0.717) is 6.61 Å². The van der Waals surface area contributed by atoms with Gasteiger partial charge in [-0.05, 0) is 36.6 Å². The van der Waals surface area contributed by atoms with Crippen LogP contribution >= 0.6 is 0 Å². The molecule has 0 aromatic heterocycles. The van der Waals surface area contributed by atoms with E-state index in [9.17, 15) is 0 Å². The summed E-state index contributed by atoms with van der Waals surface area (Å²) in [4.78, 5) is 0. The molecule has 0 N–H and O–H groups in total. The minimum absolute atomic E-state index is 0.256. The lowest BCUT2D eigenvalue weighted by Gasteiger charge is -2.15.